The van der Waals surface area contributed by atoms with E-state index in [1.807, 2.05) is 36.4 Å². The van der Waals surface area contributed by atoms with E-state index in [2.05, 4.69) is 20.7 Å². The maximum Gasteiger partial charge on any atom is 0.405 e. The molecule has 0 fully saturated rings. The van der Waals surface area contributed by atoms with Gasteiger partial charge in [-0.3, -0.25) is 9.78 Å². The lowest BCUT2D eigenvalue weighted by atomic mass is 10.1. The van der Waals surface area contributed by atoms with Crippen molar-refractivity contribution in [2.24, 2.45) is 0 Å². The van der Waals surface area contributed by atoms with Crippen LogP contribution >= 0.6 is 0 Å². The second kappa shape index (κ2) is 10.0. The van der Waals surface area contributed by atoms with Crippen molar-refractivity contribution in [3.8, 4) is 16.9 Å². The van der Waals surface area contributed by atoms with E-state index >= 15 is 0 Å². The number of alkyl halides is 3. The Hall–Kier alpha value is -4.40. The second-order valence-corrected chi connectivity index (χ2v) is 7.29. The molecule has 2 aromatic carbocycles. The number of halogens is 3. The monoisotopic (exact) mass is 463 g/mol. The van der Waals surface area contributed by atoms with Crippen molar-refractivity contribution < 1.29 is 18.0 Å². The molecule has 0 spiro atoms. The molecule has 34 heavy (non-hydrogen) atoms. The average Bonchev–Trinajstić information content (AvgIpc) is 3.27. The number of hydrogen-bond donors (Lipinski definition) is 2. The first-order valence-electron chi connectivity index (χ1n) is 10.3. The van der Waals surface area contributed by atoms with E-state index in [-0.39, 0.29) is 11.4 Å². The Morgan fingerprint density at radius 1 is 0.971 bits per heavy atom. The lowest BCUT2D eigenvalue weighted by Gasteiger charge is -2.13. The summed E-state index contributed by atoms with van der Waals surface area (Å²) in [6.45, 7) is -1.21. The second-order valence-electron chi connectivity index (χ2n) is 7.29. The van der Waals surface area contributed by atoms with Crippen LogP contribution in [0.4, 0.5) is 24.5 Å². The van der Waals surface area contributed by atoms with Gasteiger partial charge in [0.1, 0.15) is 12.2 Å². The largest absolute Gasteiger partial charge is 0.405 e. The van der Waals surface area contributed by atoms with Crippen LogP contribution in [0.25, 0.3) is 23.0 Å². The summed E-state index contributed by atoms with van der Waals surface area (Å²) >= 11 is 0. The third kappa shape index (κ3) is 5.89. The summed E-state index contributed by atoms with van der Waals surface area (Å²) in [4.78, 5) is 16.7. The third-order valence-corrected chi connectivity index (χ3v) is 4.78. The Labute approximate surface area is 193 Å². The van der Waals surface area contributed by atoms with Crippen LogP contribution in [0.1, 0.15) is 5.56 Å². The number of aromatic nitrogens is 3. The number of nitrogens with one attached hydrogen (secondary N) is 2. The van der Waals surface area contributed by atoms with Gasteiger partial charge in [-0.1, -0.05) is 30.3 Å². The normalized spacial score (nSPS) is 11.5. The number of nitrogens with zero attached hydrogens (tertiary/aromatic N) is 3. The molecule has 0 aliphatic rings. The number of benzene rings is 2. The molecule has 1 amide bonds. The summed E-state index contributed by atoms with van der Waals surface area (Å²) in [5.74, 6) is -0.495. The van der Waals surface area contributed by atoms with Crippen molar-refractivity contribution >= 4 is 23.4 Å². The quantitative estimate of drug-likeness (QED) is 0.352. The maximum atomic E-state index is 12.6. The van der Waals surface area contributed by atoms with Crippen LogP contribution in [0, 0.1) is 0 Å². The lowest BCUT2D eigenvalue weighted by Crippen LogP contribution is -2.22. The fourth-order valence-electron chi connectivity index (χ4n) is 3.23. The van der Waals surface area contributed by atoms with Gasteiger partial charge in [0, 0.05) is 35.8 Å². The van der Waals surface area contributed by atoms with Gasteiger partial charge in [-0.25, -0.2) is 4.68 Å². The van der Waals surface area contributed by atoms with E-state index < -0.39 is 18.6 Å². The molecule has 6 nitrogen and oxygen atoms in total. The zero-order valence-corrected chi connectivity index (χ0v) is 17.8. The van der Waals surface area contributed by atoms with Gasteiger partial charge < -0.3 is 10.6 Å². The smallest absolute Gasteiger partial charge is 0.375 e. The number of pyridine rings is 1. The zero-order chi connectivity index (χ0) is 24.0. The molecular weight excluding hydrogens is 443 g/mol. The van der Waals surface area contributed by atoms with Crippen molar-refractivity contribution in [3.63, 3.8) is 0 Å². The van der Waals surface area contributed by atoms with Gasteiger partial charge in [0.15, 0.2) is 0 Å². The predicted molar refractivity (Wildman–Crippen MR) is 125 cm³/mol. The molecule has 2 aromatic heterocycles. The lowest BCUT2D eigenvalue weighted by molar-refractivity contribution is -0.115. The number of amides is 1. The zero-order valence-electron chi connectivity index (χ0n) is 17.8. The highest BCUT2D eigenvalue weighted by atomic mass is 19.4. The van der Waals surface area contributed by atoms with Crippen LogP contribution in [0.2, 0.25) is 0 Å². The van der Waals surface area contributed by atoms with Crippen LogP contribution < -0.4 is 10.6 Å². The number of hydrogen-bond acceptors (Lipinski definition) is 4. The van der Waals surface area contributed by atoms with Crippen molar-refractivity contribution in [2.75, 3.05) is 17.2 Å². The van der Waals surface area contributed by atoms with Gasteiger partial charge in [0.05, 0.1) is 17.1 Å². The molecule has 0 unspecified atom stereocenters. The number of anilines is 2. The molecule has 2 N–H and O–H groups in total. The Bertz CT molecular complexity index is 1280. The molecule has 2 heterocycles. The van der Waals surface area contributed by atoms with Crippen LogP contribution in [0.15, 0.2) is 91.4 Å². The Morgan fingerprint density at radius 2 is 1.71 bits per heavy atom. The first-order valence-corrected chi connectivity index (χ1v) is 10.3. The number of carbonyl (C=O) groups is 1. The Kier molecular flexibility index (Phi) is 6.72. The summed E-state index contributed by atoms with van der Waals surface area (Å²) in [5.41, 5.74) is 3.35. The van der Waals surface area contributed by atoms with E-state index in [4.69, 9.17) is 0 Å². The van der Waals surface area contributed by atoms with Crippen LogP contribution in [-0.4, -0.2) is 33.4 Å². The minimum absolute atomic E-state index is 0.175. The highest BCUT2D eigenvalue weighted by molar-refractivity contribution is 6.04. The fraction of sp³-hybridized carbons (Fsp3) is 0.0800. The Morgan fingerprint density at radius 3 is 2.41 bits per heavy atom. The summed E-state index contributed by atoms with van der Waals surface area (Å²) in [7, 11) is 0. The summed E-state index contributed by atoms with van der Waals surface area (Å²) < 4.78 is 39.4. The molecule has 4 aromatic rings. The number of rotatable bonds is 7. The summed E-state index contributed by atoms with van der Waals surface area (Å²) in [5, 5.41) is 9.57. The van der Waals surface area contributed by atoms with E-state index in [0.717, 1.165) is 11.3 Å². The topological polar surface area (TPSA) is 71.8 Å². The number of para-hydroxylation sites is 3. The Balaban J connectivity index is 1.57. The van der Waals surface area contributed by atoms with E-state index in [0.29, 0.717) is 11.3 Å². The molecule has 172 valence electrons. The van der Waals surface area contributed by atoms with Gasteiger partial charge in [0.25, 0.3) is 0 Å². The van der Waals surface area contributed by atoms with Crippen molar-refractivity contribution in [3.05, 3.63) is 97.0 Å². The third-order valence-electron chi connectivity index (χ3n) is 4.78. The predicted octanol–water partition coefficient (Wildman–Crippen LogP) is 5.56. The summed E-state index contributed by atoms with van der Waals surface area (Å²) in [6.07, 6.45) is 3.67. The van der Waals surface area contributed by atoms with Crippen LogP contribution in [0.5, 0.6) is 0 Å². The van der Waals surface area contributed by atoms with Crippen molar-refractivity contribution in [1.82, 2.24) is 14.8 Å². The minimum atomic E-state index is -4.38. The minimum Gasteiger partial charge on any atom is -0.375 e. The standard InChI is InChI=1S/C25H20F3N5O/c26-25(27,28)17-30-21-10-4-5-11-22(21)31-23(34)13-12-19-16-33(20-8-2-1-3-9-20)32-24(19)18-7-6-14-29-15-18/h1-16,30H,17H2,(H,31,34)/b13-12+. The molecular formula is C25H20F3N5O. The van der Waals surface area contributed by atoms with Crippen molar-refractivity contribution in [2.45, 2.75) is 6.18 Å². The molecule has 9 heteroatoms. The van der Waals surface area contributed by atoms with Gasteiger partial charge >= 0.3 is 6.18 Å². The van der Waals surface area contributed by atoms with Gasteiger partial charge in [-0.05, 0) is 42.5 Å². The van der Waals surface area contributed by atoms with Crippen LogP contribution in [0.3, 0.4) is 0 Å². The summed E-state index contributed by atoms with van der Waals surface area (Å²) in [6, 6.07) is 19.4. The fourth-order valence-corrected chi connectivity index (χ4v) is 3.23. The van der Waals surface area contributed by atoms with Gasteiger partial charge in [0.2, 0.25) is 5.91 Å². The molecule has 0 bridgehead atoms. The van der Waals surface area contributed by atoms with Crippen LogP contribution in [-0.2, 0) is 4.79 Å². The molecule has 0 aliphatic carbocycles. The maximum absolute atomic E-state index is 12.6. The SMILES string of the molecule is O=C(/C=C/c1cn(-c2ccccc2)nc1-c1cccnc1)Nc1ccccc1NCC(F)(F)F. The van der Waals surface area contributed by atoms with Gasteiger partial charge in [-0.15, -0.1) is 0 Å². The highest BCUT2D eigenvalue weighted by Crippen LogP contribution is 2.26. The molecule has 4 rings (SSSR count). The molecule has 0 atom stereocenters. The first-order chi connectivity index (χ1) is 16.4. The van der Waals surface area contributed by atoms with Crippen molar-refractivity contribution in [1.29, 1.82) is 0 Å². The molecule has 0 saturated carbocycles. The molecule has 0 radical (unpaired) electrons. The van der Waals surface area contributed by atoms with E-state index in [9.17, 15) is 18.0 Å². The number of carbonyl (C=O) groups excluding carboxylic acids is 1. The highest BCUT2D eigenvalue weighted by Gasteiger charge is 2.27. The molecule has 0 saturated heterocycles. The average molecular weight is 463 g/mol. The van der Waals surface area contributed by atoms with Gasteiger partial charge in [-0.2, -0.15) is 18.3 Å². The first kappa shape index (κ1) is 22.8. The van der Waals surface area contributed by atoms with E-state index in [1.165, 1.54) is 18.2 Å². The van der Waals surface area contributed by atoms with E-state index in [1.54, 1.807) is 47.5 Å². The molecule has 0 aliphatic heterocycles.